The van der Waals surface area contributed by atoms with Crippen molar-refractivity contribution in [2.24, 2.45) is 0 Å². The van der Waals surface area contributed by atoms with Crippen LogP contribution in [0.5, 0.6) is 0 Å². The summed E-state index contributed by atoms with van der Waals surface area (Å²) < 4.78 is 1.13. The number of hydrogen-bond acceptors (Lipinski definition) is 2. The summed E-state index contributed by atoms with van der Waals surface area (Å²) in [6.07, 6.45) is 1.64. The Bertz CT molecular complexity index is 684. The first kappa shape index (κ1) is 16.2. The number of nitrogens with zero attached hydrogens (tertiary/aromatic N) is 1. The lowest BCUT2D eigenvalue weighted by Crippen LogP contribution is -2.23. The molecule has 1 amide bonds. The SMILES string of the molecule is CC(NCc1ccccc1Br)c1ccc(N2CCCC2=O)cc1. The van der Waals surface area contributed by atoms with Gasteiger partial charge in [0, 0.05) is 35.7 Å². The Morgan fingerprint density at radius 3 is 2.57 bits per heavy atom. The van der Waals surface area contributed by atoms with Crippen LogP contribution in [-0.4, -0.2) is 12.5 Å². The van der Waals surface area contributed by atoms with Crippen molar-refractivity contribution in [3.8, 4) is 0 Å². The third kappa shape index (κ3) is 3.82. The first-order chi connectivity index (χ1) is 11.1. The van der Waals surface area contributed by atoms with Gasteiger partial charge in [-0.2, -0.15) is 0 Å². The molecular formula is C19H21BrN2O. The van der Waals surface area contributed by atoms with E-state index in [1.165, 1.54) is 11.1 Å². The average molecular weight is 373 g/mol. The minimum absolute atomic E-state index is 0.234. The molecule has 2 aromatic carbocycles. The molecular weight excluding hydrogens is 352 g/mol. The van der Waals surface area contributed by atoms with E-state index in [-0.39, 0.29) is 11.9 Å². The van der Waals surface area contributed by atoms with Gasteiger partial charge in [0.2, 0.25) is 5.91 Å². The second-order valence-electron chi connectivity index (χ2n) is 5.93. The summed E-state index contributed by atoms with van der Waals surface area (Å²) in [5.41, 5.74) is 3.49. The van der Waals surface area contributed by atoms with Gasteiger partial charge in [-0.15, -0.1) is 0 Å². The molecule has 0 bridgehead atoms. The third-order valence-electron chi connectivity index (χ3n) is 4.33. The lowest BCUT2D eigenvalue weighted by Gasteiger charge is -2.18. The van der Waals surface area contributed by atoms with E-state index < -0.39 is 0 Å². The van der Waals surface area contributed by atoms with Crippen molar-refractivity contribution in [2.75, 3.05) is 11.4 Å². The maximum absolute atomic E-state index is 11.8. The molecule has 23 heavy (non-hydrogen) atoms. The molecule has 1 aliphatic heterocycles. The molecule has 2 aromatic rings. The Balaban J connectivity index is 1.62. The minimum Gasteiger partial charge on any atom is -0.312 e. The summed E-state index contributed by atoms with van der Waals surface area (Å²) in [6.45, 7) is 3.82. The normalized spacial score (nSPS) is 15.9. The molecule has 0 aliphatic carbocycles. The van der Waals surface area contributed by atoms with Crippen LogP contribution in [0, 0.1) is 0 Å². The Labute approximate surface area is 145 Å². The highest BCUT2D eigenvalue weighted by molar-refractivity contribution is 9.10. The summed E-state index contributed by atoms with van der Waals surface area (Å²) in [4.78, 5) is 13.7. The van der Waals surface area contributed by atoms with Gasteiger partial charge in [0.05, 0.1) is 0 Å². The van der Waals surface area contributed by atoms with E-state index in [1.807, 2.05) is 17.0 Å². The van der Waals surface area contributed by atoms with E-state index in [2.05, 4.69) is 64.6 Å². The Hall–Kier alpha value is -1.65. The monoisotopic (exact) mass is 372 g/mol. The van der Waals surface area contributed by atoms with Gasteiger partial charge >= 0.3 is 0 Å². The van der Waals surface area contributed by atoms with Gasteiger partial charge < -0.3 is 10.2 Å². The van der Waals surface area contributed by atoms with Crippen molar-refractivity contribution < 1.29 is 4.79 Å². The van der Waals surface area contributed by atoms with E-state index in [0.29, 0.717) is 6.42 Å². The van der Waals surface area contributed by atoms with E-state index in [9.17, 15) is 4.79 Å². The molecule has 120 valence electrons. The van der Waals surface area contributed by atoms with Gasteiger partial charge in [-0.1, -0.05) is 46.3 Å². The highest BCUT2D eigenvalue weighted by atomic mass is 79.9. The Kier molecular flexibility index (Phi) is 5.13. The first-order valence-electron chi connectivity index (χ1n) is 8.02. The minimum atomic E-state index is 0.234. The van der Waals surface area contributed by atoms with Crippen LogP contribution in [0.2, 0.25) is 0 Å². The van der Waals surface area contributed by atoms with Gasteiger partial charge in [0.1, 0.15) is 0 Å². The molecule has 0 spiro atoms. The molecule has 1 aliphatic rings. The van der Waals surface area contributed by atoms with E-state index in [4.69, 9.17) is 0 Å². The molecule has 1 unspecified atom stereocenters. The molecule has 1 N–H and O–H groups in total. The number of carbonyl (C=O) groups is 1. The van der Waals surface area contributed by atoms with Gasteiger partial charge in [0.25, 0.3) is 0 Å². The molecule has 1 atom stereocenters. The maximum atomic E-state index is 11.8. The summed E-state index contributed by atoms with van der Waals surface area (Å²) >= 11 is 3.58. The quantitative estimate of drug-likeness (QED) is 0.841. The summed E-state index contributed by atoms with van der Waals surface area (Å²) in [5.74, 6) is 0.234. The molecule has 3 nitrogen and oxygen atoms in total. The fraction of sp³-hybridized carbons (Fsp3) is 0.316. The zero-order valence-corrected chi connectivity index (χ0v) is 14.8. The molecule has 1 saturated heterocycles. The number of rotatable bonds is 5. The highest BCUT2D eigenvalue weighted by Gasteiger charge is 2.21. The molecule has 0 radical (unpaired) electrons. The number of carbonyl (C=O) groups excluding carboxylic acids is 1. The van der Waals surface area contributed by atoms with Gasteiger partial charge in [0.15, 0.2) is 0 Å². The fourth-order valence-corrected chi connectivity index (χ4v) is 3.31. The lowest BCUT2D eigenvalue weighted by molar-refractivity contribution is -0.117. The van der Waals surface area contributed by atoms with Gasteiger partial charge in [-0.25, -0.2) is 0 Å². The zero-order chi connectivity index (χ0) is 16.2. The second-order valence-corrected chi connectivity index (χ2v) is 6.79. The predicted octanol–water partition coefficient (Wildman–Crippen LogP) is 4.43. The number of benzene rings is 2. The van der Waals surface area contributed by atoms with Crippen LogP contribution >= 0.6 is 15.9 Å². The number of anilines is 1. The third-order valence-corrected chi connectivity index (χ3v) is 5.11. The van der Waals surface area contributed by atoms with Crippen LogP contribution in [0.4, 0.5) is 5.69 Å². The van der Waals surface area contributed by atoms with Crippen molar-refractivity contribution in [3.63, 3.8) is 0 Å². The van der Waals surface area contributed by atoms with E-state index in [1.54, 1.807) is 0 Å². The Morgan fingerprint density at radius 2 is 1.91 bits per heavy atom. The van der Waals surface area contributed by atoms with Crippen LogP contribution in [0.25, 0.3) is 0 Å². The topological polar surface area (TPSA) is 32.3 Å². The summed E-state index contributed by atoms with van der Waals surface area (Å²) in [7, 11) is 0. The largest absolute Gasteiger partial charge is 0.312 e. The predicted molar refractivity (Wildman–Crippen MR) is 97.4 cm³/mol. The Morgan fingerprint density at radius 1 is 1.17 bits per heavy atom. The molecule has 0 aromatic heterocycles. The molecule has 3 rings (SSSR count). The van der Waals surface area contributed by atoms with Crippen molar-refractivity contribution in [2.45, 2.75) is 32.4 Å². The standard InChI is InChI=1S/C19H21BrN2O/c1-14(21-13-16-5-2-3-6-18(16)20)15-8-10-17(11-9-15)22-12-4-7-19(22)23/h2-3,5-6,8-11,14,21H,4,7,12-13H2,1H3. The number of nitrogens with one attached hydrogen (secondary N) is 1. The summed E-state index contributed by atoms with van der Waals surface area (Å²) in [6, 6.07) is 16.8. The molecule has 4 heteroatoms. The number of amides is 1. The van der Waals surface area contributed by atoms with E-state index in [0.717, 1.165) is 29.7 Å². The van der Waals surface area contributed by atoms with Crippen LogP contribution in [-0.2, 0) is 11.3 Å². The van der Waals surface area contributed by atoms with Gasteiger partial charge in [-0.3, -0.25) is 4.79 Å². The maximum Gasteiger partial charge on any atom is 0.227 e. The lowest BCUT2D eigenvalue weighted by atomic mass is 10.1. The second kappa shape index (κ2) is 7.28. The first-order valence-corrected chi connectivity index (χ1v) is 8.81. The van der Waals surface area contributed by atoms with Crippen LogP contribution in [0.1, 0.15) is 36.9 Å². The molecule has 1 fully saturated rings. The van der Waals surface area contributed by atoms with Crippen molar-refractivity contribution >= 4 is 27.5 Å². The smallest absolute Gasteiger partial charge is 0.227 e. The highest BCUT2D eigenvalue weighted by Crippen LogP contribution is 2.24. The number of halogens is 1. The van der Waals surface area contributed by atoms with Crippen LogP contribution in [0.15, 0.2) is 53.0 Å². The van der Waals surface area contributed by atoms with Crippen molar-refractivity contribution in [1.82, 2.24) is 5.32 Å². The molecule has 1 heterocycles. The zero-order valence-electron chi connectivity index (χ0n) is 13.3. The molecule has 0 saturated carbocycles. The van der Waals surface area contributed by atoms with Crippen LogP contribution in [0.3, 0.4) is 0 Å². The van der Waals surface area contributed by atoms with Gasteiger partial charge in [-0.05, 0) is 42.7 Å². The number of hydrogen-bond donors (Lipinski definition) is 1. The average Bonchev–Trinajstić information content (AvgIpc) is 3.00. The van der Waals surface area contributed by atoms with Crippen LogP contribution < -0.4 is 10.2 Å². The summed E-state index contributed by atoms with van der Waals surface area (Å²) in [5, 5.41) is 3.54. The van der Waals surface area contributed by atoms with E-state index >= 15 is 0 Å². The fourth-order valence-electron chi connectivity index (χ4n) is 2.89. The van der Waals surface area contributed by atoms with Crippen molar-refractivity contribution in [3.05, 3.63) is 64.1 Å². The van der Waals surface area contributed by atoms with Crippen molar-refractivity contribution in [1.29, 1.82) is 0 Å².